The van der Waals surface area contributed by atoms with Crippen molar-refractivity contribution < 1.29 is 47.3 Å². The molecule has 0 amide bonds. The van der Waals surface area contributed by atoms with Crippen molar-refractivity contribution in [2.24, 2.45) is 0 Å². The molecule has 2 aromatic rings. The first kappa shape index (κ1) is 22.1. The number of halogens is 4. The Labute approximate surface area is 157 Å². The average Bonchev–Trinajstić information content (AvgIpc) is 2.46. The van der Waals surface area contributed by atoms with Crippen molar-refractivity contribution >= 4 is 23.4 Å². The Morgan fingerprint density at radius 3 is 1.80 bits per heavy atom. The minimum atomic E-state index is -6.09. The molecule has 25 heavy (non-hydrogen) atoms. The Kier molecular flexibility index (Phi) is 7.66. The van der Waals surface area contributed by atoms with E-state index in [2.05, 4.69) is 74.2 Å². The maximum Gasteiger partial charge on any atom is 0.485 e. The van der Waals surface area contributed by atoms with Crippen LogP contribution in [0.25, 0.3) is 0 Å². The van der Waals surface area contributed by atoms with E-state index < -0.39 is 23.7 Å². The van der Waals surface area contributed by atoms with Gasteiger partial charge in [0.15, 0.2) is 17.3 Å². The van der Waals surface area contributed by atoms with Crippen LogP contribution in [-0.2, 0) is 10.1 Å². The van der Waals surface area contributed by atoms with Crippen molar-refractivity contribution in [3.63, 3.8) is 0 Å². The largest absolute Gasteiger partial charge is 0.741 e. The summed E-state index contributed by atoms with van der Waals surface area (Å²) in [6.07, 6.45) is 0. The van der Waals surface area contributed by atoms with Crippen LogP contribution in [0.4, 0.5) is 13.2 Å². The van der Waals surface area contributed by atoms with Gasteiger partial charge in [-0.2, -0.15) is 13.2 Å². The van der Waals surface area contributed by atoms with E-state index in [0.29, 0.717) is 0 Å². The Morgan fingerprint density at radius 2 is 1.36 bits per heavy atom. The minimum absolute atomic E-state index is 0.0242. The van der Waals surface area contributed by atoms with E-state index in [1.54, 1.807) is 8.76 Å². The Bertz CT molecular complexity index is 788. The number of rotatable bonds is 3. The fraction of sp³-hybridized carbons (Fsp3) is 0.250. The zero-order valence-electron chi connectivity index (χ0n) is 13.8. The molecule has 0 saturated carbocycles. The second-order valence-electron chi connectivity index (χ2n) is 6.02. The average molecular weight is 502 g/mol. The molecule has 0 atom stereocenters. The third kappa shape index (κ3) is 7.46. The Hall–Kier alpha value is -0.913. The Balaban J connectivity index is 0.000000333. The summed E-state index contributed by atoms with van der Waals surface area (Å²) in [5, 5.41) is 1.64. The predicted molar refractivity (Wildman–Crippen MR) is 89.0 cm³/mol. The molecule has 0 saturated heterocycles. The summed E-state index contributed by atoms with van der Waals surface area (Å²) in [5.41, 5.74) is -5.65. The molecule has 3 nitrogen and oxygen atoms in total. The zero-order valence-corrected chi connectivity index (χ0v) is 17.8. The van der Waals surface area contributed by atoms with E-state index in [-0.39, 0.29) is 21.2 Å². The summed E-state index contributed by atoms with van der Waals surface area (Å²) in [5.74, 6) is 0. The third-order valence-electron chi connectivity index (χ3n) is 2.91. The summed E-state index contributed by atoms with van der Waals surface area (Å²) in [6, 6.07) is 19.9. The van der Waals surface area contributed by atoms with Gasteiger partial charge in [0.1, 0.15) is 0 Å². The van der Waals surface area contributed by atoms with Crippen molar-refractivity contribution in [2.45, 2.75) is 25.1 Å². The molecule has 138 valence electrons. The van der Waals surface area contributed by atoms with Crippen LogP contribution in [0.5, 0.6) is 0 Å². The monoisotopic (exact) mass is 502 g/mol. The molecule has 0 aliphatic heterocycles. The lowest BCUT2D eigenvalue weighted by molar-refractivity contribution is -0.596. The van der Waals surface area contributed by atoms with Gasteiger partial charge in [0.05, 0.1) is 8.07 Å². The van der Waals surface area contributed by atoms with Crippen LogP contribution in [0.3, 0.4) is 0 Å². The van der Waals surface area contributed by atoms with Crippen LogP contribution in [0.15, 0.2) is 54.6 Å². The number of benzene rings is 2. The lowest BCUT2D eigenvalue weighted by Gasteiger charge is -2.15. The van der Waals surface area contributed by atoms with Crippen molar-refractivity contribution in [1.82, 2.24) is 0 Å². The molecular weight excluding hydrogens is 484 g/mol. The van der Waals surface area contributed by atoms with Gasteiger partial charge in [-0.05, 0) is 23.4 Å². The lowest BCUT2D eigenvalue weighted by Crippen LogP contribution is -3.62. The number of alkyl halides is 3. The van der Waals surface area contributed by atoms with Gasteiger partial charge < -0.3 is 4.55 Å². The van der Waals surface area contributed by atoms with Crippen molar-refractivity contribution in [1.29, 1.82) is 0 Å². The normalized spacial score (nSPS) is 12.3. The smallest absolute Gasteiger partial charge is 0.485 e. The highest BCUT2D eigenvalue weighted by Gasteiger charge is 2.36. The molecule has 0 N–H and O–H groups in total. The highest BCUT2D eigenvalue weighted by molar-refractivity contribution is 7.86. The first-order valence-corrected chi connectivity index (χ1v) is 14.2. The van der Waals surface area contributed by atoms with E-state index in [0.717, 1.165) is 0 Å². The maximum atomic E-state index is 10.7. The van der Waals surface area contributed by atoms with Crippen molar-refractivity contribution in [2.75, 3.05) is 0 Å². The molecular formula is C16H18F3IO3SSi. The standard InChI is InChI=1S/C15H18ISi.CHF3O3S/c1-17(2,3)15-12-8-7-11-14(15)16-13-9-5-4-6-10-13;2-1(3,4)8(5,6)7/h4-12H,1-3H3;(H,5,6,7)/q+1;/p-1. The quantitative estimate of drug-likeness (QED) is 0.265. The van der Waals surface area contributed by atoms with Crippen molar-refractivity contribution in [3.8, 4) is 0 Å². The van der Waals surface area contributed by atoms with Gasteiger partial charge >= 0.3 is 26.7 Å². The van der Waals surface area contributed by atoms with Crippen LogP contribution in [0, 0.1) is 7.14 Å². The predicted octanol–water partition coefficient (Wildman–Crippen LogP) is 0.412. The highest BCUT2D eigenvalue weighted by Crippen LogP contribution is 2.20. The lowest BCUT2D eigenvalue weighted by atomic mass is 10.4. The van der Waals surface area contributed by atoms with Crippen LogP contribution in [0.2, 0.25) is 19.6 Å². The van der Waals surface area contributed by atoms with Gasteiger partial charge in [-0.15, -0.1) is 0 Å². The van der Waals surface area contributed by atoms with Gasteiger partial charge in [-0.1, -0.05) is 56.0 Å². The summed E-state index contributed by atoms with van der Waals surface area (Å²) < 4.78 is 62.0. The molecule has 0 heterocycles. The molecule has 0 spiro atoms. The van der Waals surface area contributed by atoms with Crippen molar-refractivity contribution in [3.05, 3.63) is 61.7 Å². The van der Waals surface area contributed by atoms with Crippen LogP contribution in [-0.4, -0.2) is 26.6 Å². The van der Waals surface area contributed by atoms with Gasteiger partial charge in [-0.3, -0.25) is 0 Å². The first-order valence-electron chi connectivity index (χ1n) is 7.14. The molecule has 2 rings (SSSR count). The van der Waals surface area contributed by atoms with Crippen LogP contribution >= 0.6 is 0 Å². The fourth-order valence-corrected chi connectivity index (χ4v) is 8.19. The van der Waals surface area contributed by atoms with Gasteiger partial charge in [0, 0.05) is 0 Å². The van der Waals surface area contributed by atoms with E-state index in [9.17, 15) is 13.2 Å². The molecule has 0 aromatic heterocycles. The summed E-state index contributed by atoms with van der Waals surface area (Å²) >= 11 is -0.0242. The molecule has 2 aromatic carbocycles. The number of hydrogen-bond donors (Lipinski definition) is 0. The molecule has 0 aliphatic carbocycles. The zero-order chi connectivity index (χ0) is 19.3. The minimum Gasteiger partial charge on any atom is -0.741 e. The molecule has 0 radical (unpaired) electrons. The number of hydrogen-bond acceptors (Lipinski definition) is 3. The molecule has 0 unspecified atom stereocenters. The van der Waals surface area contributed by atoms with E-state index in [1.165, 1.54) is 3.57 Å². The molecule has 0 aliphatic rings. The molecule has 0 fully saturated rings. The van der Waals surface area contributed by atoms with E-state index in [1.807, 2.05) is 0 Å². The van der Waals surface area contributed by atoms with E-state index in [4.69, 9.17) is 13.0 Å². The van der Waals surface area contributed by atoms with Crippen LogP contribution < -0.4 is 26.4 Å². The van der Waals surface area contributed by atoms with Gasteiger partial charge in [0.25, 0.3) is 0 Å². The second kappa shape index (κ2) is 8.65. The summed E-state index contributed by atoms with van der Waals surface area (Å²) in [6.45, 7) is 7.29. The summed E-state index contributed by atoms with van der Waals surface area (Å²) in [4.78, 5) is 0. The maximum absolute atomic E-state index is 10.7. The SMILES string of the molecule is C[Si](C)(C)c1ccccc1[I+]c1ccccc1.O=S(=O)([O-])C(F)(F)F. The summed E-state index contributed by atoms with van der Waals surface area (Å²) in [7, 11) is -7.29. The fourth-order valence-electron chi connectivity index (χ4n) is 1.75. The first-order chi connectivity index (χ1) is 11.3. The van der Waals surface area contributed by atoms with Gasteiger partial charge in [0.2, 0.25) is 0 Å². The van der Waals surface area contributed by atoms with Gasteiger partial charge in [-0.25, -0.2) is 8.42 Å². The molecule has 0 bridgehead atoms. The van der Waals surface area contributed by atoms with Crippen LogP contribution in [0.1, 0.15) is 0 Å². The Morgan fingerprint density at radius 1 is 0.920 bits per heavy atom. The highest BCUT2D eigenvalue weighted by atomic mass is 127. The van der Waals surface area contributed by atoms with E-state index >= 15 is 0 Å². The second-order valence-corrected chi connectivity index (χ2v) is 15.4. The molecule has 9 heteroatoms. The topological polar surface area (TPSA) is 57.2 Å². The third-order valence-corrected chi connectivity index (χ3v) is 8.90.